The van der Waals surface area contributed by atoms with Gasteiger partial charge < -0.3 is 15.0 Å². The third-order valence-electron chi connectivity index (χ3n) is 4.78. The molecule has 24 heavy (non-hydrogen) atoms. The Bertz CT molecular complexity index is 508. The topological polar surface area (TPSA) is 41.6 Å². The molecule has 1 amide bonds. The molecule has 0 aliphatic carbocycles. The van der Waals surface area contributed by atoms with Gasteiger partial charge in [0.25, 0.3) is 5.91 Å². The van der Waals surface area contributed by atoms with Gasteiger partial charge in [0.1, 0.15) is 5.75 Å². The minimum atomic E-state index is 0. The molecule has 0 spiro atoms. The fourth-order valence-corrected chi connectivity index (χ4v) is 3.22. The number of carbonyl (C=O) groups excluding carboxylic acids is 1. The fourth-order valence-electron chi connectivity index (χ4n) is 3.22. The molecule has 0 bridgehead atoms. The van der Waals surface area contributed by atoms with Gasteiger partial charge >= 0.3 is 0 Å². The molecule has 2 unspecified atom stereocenters. The second-order valence-electron chi connectivity index (χ2n) is 6.54. The summed E-state index contributed by atoms with van der Waals surface area (Å²) >= 11 is 0. The molecule has 5 heteroatoms. The zero-order valence-electron chi connectivity index (χ0n) is 15.1. The highest BCUT2D eigenvalue weighted by molar-refractivity contribution is 5.85. The van der Waals surface area contributed by atoms with E-state index in [2.05, 4.69) is 25.2 Å². The molecule has 1 aliphatic rings. The van der Waals surface area contributed by atoms with E-state index in [1.807, 2.05) is 30.1 Å². The van der Waals surface area contributed by atoms with Crippen LogP contribution < -0.4 is 10.1 Å². The lowest BCUT2D eigenvalue weighted by atomic mass is 9.97. The number of ether oxygens (including phenoxy) is 1. The Balaban J connectivity index is 0.00000288. The quantitative estimate of drug-likeness (QED) is 0.815. The number of para-hydroxylation sites is 1. The summed E-state index contributed by atoms with van der Waals surface area (Å²) in [4.78, 5) is 14.4. The first-order valence-electron chi connectivity index (χ1n) is 8.79. The van der Waals surface area contributed by atoms with Gasteiger partial charge in [-0.2, -0.15) is 0 Å². The monoisotopic (exact) mass is 354 g/mol. The number of nitrogens with one attached hydrogen (secondary N) is 1. The molecule has 1 saturated heterocycles. The highest BCUT2D eigenvalue weighted by Gasteiger charge is 2.23. The highest BCUT2D eigenvalue weighted by Crippen LogP contribution is 2.28. The van der Waals surface area contributed by atoms with Gasteiger partial charge in [-0.3, -0.25) is 4.79 Å². The van der Waals surface area contributed by atoms with Crippen LogP contribution in [0, 0.1) is 5.92 Å². The van der Waals surface area contributed by atoms with Crippen LogP contribution in [0.1, 0.15) is 44.6 Å². The van der Waals surface area contributed by atoms with Crippen molar-refractivity contribution in [1.29, 1.82) is 0 Å². The van der Waals surface area contributed by atoms with Gasteiger partial charge in [-0.15, -0.1) is 12.4 Å². The molecule has 1 aliphatic heterocycles. The standard InChI is InChI=1S/C19H30N2O2.ClH/c1-4-15(2)17-9-5-6-10-18(17)23-14-19(22)21-11-7-8-16(13-21)12-20-3;/h5-6,9-10,15-16,20H,4,7-8,11-14H2,1-3H3;1H. The summed E-state index contributed by atoms with van der Waals surface area (Å²) in [5, 5.41) is 3.21. The second-order valence-corrected chi connectivity index (χ2v) is 6.54. The van der Waals surface area contributed by atoms with Crippen LogP contribution in [-0.4, -0.2) is 44.1 Å². The molecule has 1 aromatic carbocycles. The molecule has 136 valence electrons. The molecule has 1 aromatic rings. The van der Waals surface area contributed by atoms with Crippen molar-refractivity contribution in [3.05, 3.63) is 29.8 Å². The number of nitrogens with zero attached hydrogens (tertiary/aromatic N) is 1. The van der Waals surface area contributed by atoms with E-state index in [9.17, 15) is 4.79 Å². The van der Waals surface area contributed by atoms with Crippen LogP contribution in [0.3, 0.4) is 0 Å². The first kappa shape index (κ1) is 20.8. The van der Waals surface area contributed by atoms with E-state index >= 15 is 0 Å². The van der Waals surface area contributed by atoms with Crippen LogP contribution in [0.2, 0.25) is 0 Å². The van der Waals surface area contributed by atoms with Crippen molar-refractivity contribution in [2.75, 3.05) is 33.3 Å². The molecule has 1 N–H and O–H groups in total. The lowest BCUT2D eigenvalue weighted by Gasteiger charge is -2.32. The predicted octanol–water partition coefficient (Wildman–Crippen LogP) is 3.46. The summed E-state index contributed by atoms with van der Waals surface area (Å²) in [6, 6.07) is 8.06. The largest absolute Gasteiger partial charge is 0.483 e. The Hall–Kier alpha value is -1.26. The molecule has 1 fully saturated rings. The van der Waals surface area contributed by atoms with Crippen molar-refractivity contribution in [3.8, 4) is 5.75 Å². The van der Waals surface area contributed by atoms with Gasteiger partial charge in [0.15, 0.2) is 6.61 Å². The first-order valence-corrected chi connectivity index (χ1v) is 8.79. The van der Waals surface area contributed by atoms with Crippen LogP contribution in [0.5, 0.6) is 5.75 Å². The van der Waals surface area contributed by atoms with Crippen molar-refractivity contribution in [3.63, 3.8) is 0 Å². The zero-order valence-corrected chi connectivity index (χ0v) is 15.9. The molecular weight excluding hydrogens is 324 g/mol. The molecule has 2 rings (SSSR count). The number of piperidine rings is 1. The van der Waals surface area contributed by atoms with Gasteiger partial charge in [-0.1, -0.05) is 32.0 Å². The maximum absolute atomic E-state index is 12.5. The second kappa shape index (κ2) is 10.6. The van der Waals surface area contributed by atoms with Gasteiger partial charge in [0, 0.05) is 13.1 Å². The van der Waals surface area contributed by atoms with Crippen molar-refractivity contribution in [1.82, 2.24) is 10.2 Å². The summed E-state index contributed by atoms with van der Waals surface area (Å²) < 4.78 is 5.86. The smallest absolute Gasteiger partial charge is 0.260 e. The van der Waals surface area contributed by atoms with E-state index in [1.54, 1.807) is 0 Å². The zero-order chi connectivity index (χ0) is 16.7. The number of halogens is 1. The highest BCUT2D eigenvalue weighted by atomic mass is 35.5. The van der Waals surface area contributed by atoms with E-state index in [0.29, 0.717) is 11.8 Å². The van der Waals surface area contributed by atoms with Crippen LogP contribution in [0.4, 0.5) is 0 Å². The molecule has 2 atom stereocenters. The maximum Gasteiger partial charge on any atom is 0.260 e. The Morgan fingerprint density at radius 1 is 1.42 bits per heavy atom. The molecule has 4 nitrogen and oxygen atoms in total. The maximum atomic E-state index is 12.5. The number of hydrogen-bond donors (Lipinski definition) is 1. The SMILES string of the molecule is CCC(C)c1ccccc1OCC(=O)N1CCCC(CNC)C1.Cl. The van der Waals surface area contributed by atoms with E-state index < -0.39 is 0 Å². The van der Waals surface area contributed by atoms with Crippen LogP contribution in [0.25, 0.3) is 0 Å². The average molecular weight is 355 g/mol. The van der Waals surface area contributed by atoms with Crippen LogP contribution >= 0.6 is 12.4 Å². The lowest BCUT2D eigenvalue weighted by Crippen LogP contribution is -2.44. The van der Waals surface area contributed by atoms with E-state index in [1.165, 1.54) is 12.0 Å². The van der Waals surface area contributed by atoms with Crippen molar-refractivity contribution in [2.24, 2.45) is 5.92 Å². The predicted molar refractivity (Wildman–Crippen MR) is 101 cm³/mol. The molecular formula is C19H31ClN2O2. The number of amides is 1. The summed E-state index contributed by atoms with van der Waals surface area (Å²) in [7, 11) is 1.97. The van der Waals surface area contributed by atoms with E-state index in [4.69, 9.17) is 4.74 Å². The Kier molecular flexibility index (Phi) is 9.16. The van der Waals surface area contributed by atoms with E-state index in [0.717, 1.165) is 38.2 Å². The third-order valence-corrected chi connectivity index (χ3v) is 4.78. The number of likely N-dealkylation sites (tertiary alicyclic amines) is 1. The van der Waals surface area contributed by atoms with Gasteiger partial charge in [0.2, 0.25) is 0 Å². The van der Waals surface area contributed by atoms with Crippen molar-refractivity contribution in [2.45, 2.75) is 39.0 Å². The third kappa shape index (κ3) is 5.67. The minimum Gasteiger partial charge on any atom is -0.483 e. The van der Waals surface area contributed by atoms with Crippen molar-refractivity contribution >= 4 is 18.3 Å². The average Bonchev–Trinajstić information content (AvgIpc) is 2.59. The molecule has 0 radical (unpaired) electrons. The normalized spacial score (nSPS) is 18.6. The van der Waals surface area contributed by atoms with Crippen LogP contribution in [0.15, 0.2) is 24.3 Å². The van der Waals surface area contributed by atoms with Crippen LogP contribution in [-0.2, 0) is 4.79 Å². The van der Waals surface area contributed by atoms with Gasteiger partial charge in [-0.25, -0.2) is 0 Å². The molecule has 0 aromatic heterocycles. The Morgan fingerprint density at radius 2 is 2.17 bits per heavy atom. The molecule has 1 heterocycles. The Morgan fingerprint density at radius 3 is 2.88 bits per heavy atom. The van der Waals surface area contributed by atoms with Gasteiger partial charge in [0.05, 0.1) is 0 Å². The number of carbonyl (C=O) groups is 1. The summed E-state index contributed by atoms with van der Waals surface area (Å²) in [6.07, 6.45) is 3.34. The summed E-state index contributed by atoms with van der Waals surface area (Å²) in [5.41, 5.74) is 1.19. The van der Waals surface area contributed by atoms with E-state index in [-0.39, 0.29) is 24.9 Å². The summed E-state index contributed by atoms with van der Waals surface area (Å²) in [5.74, 6) is 1.95. The van der Waals surface area contributed by atoms with Gasteiger partial charge in [-0.05, 0) is 56.3 Å². The first-order chi connectivity index (χ1) is 11.2. The van der Waals surface area contributed by atoms with Crippen molar-refractivity contribution < 1.29 is 9.53 Å². The lowest BCUT2D eigenvalue weighted by molar-refractivity contribution is -0.135. The fraction of sp³-hybridized carbons (Fsp3) is 0.632. The molecule has 0 saturated carbocycles. The summed E-state index contributed by atoms with van der Waals surface area (Å²) in [6.45, 7) is 7.17. The number of rotatable bonds is 7. The number of benzene rings is 1. The Labute approximate surface area is 152 Å². The minimum absolute atomic E-state index is 0. The number of hydrogen-bond acceptors (Lipinski definition) is 3.